The number of nitrogens with zero attached hydrogens (tertiary/aromatic N) is 5. The van der Waals surface area contributed by atoms with Crippen LogP contribution in [0.5, 0.6) is 0 Å². The van der Waals surface area contributed by atoms with Gasteiger partial charge in [0.2, 0.25) is 11.8 Å². The van der Waals surface area contributed by atoms with Crippen LogP contribution in [-0.4, -0.2) is 69.9 Å². The number of aromatic nitrogens is 2. The fourth-order valence-electron chi connectivity index (χ4n) is 6.85. The van der Waals surface area contributed by atoms with Crippen LogP contribution in [0, 0.1) is 0 Å². The highest BCUT2D eigenvalue weighted by Gasteiger charge is 2.42. The summed E-state index contributed by atoms with van der Waals surface area (Å²) in [6.45, 7) is 1.11. The molecule has 0 aliphatic carbocycles. The largest absolute Gasteiger partial charge is 0.404 e. The molecule has 0 saturated carbocycles. The van der Waals surface area contributed by atoms with Gasteiger partial charge < -0.3 is 20.9 Å². The van der Waals surface area contributed by atoms with Crippen molar-refractivity contribution in [3.8, 4) is 0 Å². The van der Waals surface area contributed by atoms with Gasteiger partial charge in [0.1, 0.15) is 11.6 Å². The highest BCUT2D eigenvalue weighted by atomic mass is 79.9. The summed E-state index contributed by atoms with van der Waals surface area (Å²) in [7, 11) is 0. The number of hydrogen-bond donors (Lipinski definition) is 3. The van der Waals surface area contributed by atoms with Crippen LogP contribution in [0.25, 0.3) is 16.6 Å². The smallest absolute Gasteiger partial charge is 0.349 e. The zero-order valence-corrected chi connectivity index (χ0v) is 30.0. The molecule has 3 aromatic carbocycles. The van der Waals surface area contributed by atoms with E-state index in [0.717, 1.165) is 15.5 Å². The van der Waals surface area contributed by atoms with Crippen molar-refractivity contribution in [1.82, 2.24) is 25.5 Å². The summed E-state index contributed by atoms with van der Waals surface area (Å²) in [5, 5.41) is 4.60. The van der Waals surface area contributed by atoms with Gasteiger partial charge in [-0.2, -0.15) is 8.78 Å². The molecule has 12 nitrogen and oxygen atoms in total. The minimum Gasteiger partial charge on any atom is -0.404 e. The minimum atomic E-state index is -3.81. The Morgan fingerprint density at radius 1 is 1.08 bits per heavy atom. The number of piperidine rings is 2. The molecule has 0 radical (unpaired) electrons. The van der Waals surface area contributed by atoms with Crippen LogP contribution in [0.4, 0.5) is 14.5 Å². The van der Waals surface area contributed by atoms with E-state index in [1.807, 2.05) is 23.1 Å². The Labute approximate surface area is 311 Å². The number of nitrogens with one attached hydrogen (secondary N) is 2. The Kier molecular flexibility index (Phi) is 10.0. The third kappa shape index (κ3) is 7.38. The monoisotopic (exact) mass is 784 g/mol. The number of allylic oxidation sites excluding steroid dienone is 1. The van der Waals surface area contributed by atoms with E-state index in [2.05, 4.69) is 36.5 Å². The Morgan fingerprint density at radius 3 is 2.64 bits per heavy atom. The van der Waals surface area contributed by atoms with Crippen LogP contribution in [0.3, 0.4) is 0 Å². The van der Waals surface area contributed by atoms with Gasteiger partial charge in [-0.05, 0) is 76.7 Å². The lowest BCUT2D eigenvalue weighted by Gasteiger charge is -2.32. The molecule has 2 saturated heterocycles. The topological polar surface area (TPSA) is 163 Å². The van der Waals surface area contributed by atoms with E-state index in [4.69, 9.17) is 10.7 Å². The number of imide groups is 1. The van der Waals surface area contributed by atoms with E-state index >= 15 is 8.78 Å². The molecule has 0 spiro atoms. The lowest BCUT2D eigenvalue weighted by Crippen LogP contribution is -2.52. The highest BCUT2D eigenvalue weighted by molar-refractivity contribution is 9.10. The fourth-order valence-corrected chi connectivity index (χ4v) is 7.30. The van der Waals surface area contributed by atoms with Crippen molar-refractivity contribution in [1.29, 1.82) is 0 Å². The number of nitrogens with two attached hydrogens (primary N) is 1. The van der Waals surface area contributed by atoms with Gasteiger partial charge >= 0.3 is 5.92 Å². The van der Waals surface area contributed by atoms with Crippen molar-refractivity contribution in [2.45, 2.75) is 56.8 Å². The maximum atomic E-state index is 15.5. The molecule has 15 heteroatoms. The highest BCUT2D eigenvalue weighted by Crippen LogP contribution is 2.33. The first-order valence-corrected chi connectivity index (χ1v) is 18.0. The number of anilines is 1. The third-order valence-electron chi connectivity index (χ3n) is 9.79. The number of benzene rings is 3. The van der Waals surface area contributed by atoms with Gasteiger partial charge in [-0.25, -0.2) is 4.98 Å². The number of carbonyl (C=O) groups excluding carboxylic acids is 4. The summed E-state index contributed by atoms with van der Waals surface area (Å²) < 4.78 is 31.9. The van der Waals surface area contributed by atoms with E-state index in [0.29, 0.717) is 59.6 Å². The molecule has 1 unspecified atom stereocenters. The molecule has 4 aromatic rings. The first-order valence-electron chi connectivity index (χ1n) is 17.2. The summed E-state index contributed by atoms with van der Waals surface area (Å²) >= 11 is 3.51. The molecule has 4 amide bonds. The van der Waals surface area contributed by atoms with Crippen molar-refractivity contribution in [2.24, 2.45) is 10.7 Å². The van der Waals surface area contributed by atoms with Crippen LogP contribution >= 0.6 is 15.9 Å². The van der Waals surface area contributed by atoms with Gasteiger partial charge in [-0.15, -0.1) is 0 Å². The van der Waals surface area contributed by atoms with E-state index in [1.165, 1.54) is 29.3 Å². The van der Waals surface area contributed by atoms with Gasteiger partial charge in [0.05, 0.1) is 23.4 Å². The van der Waals surface area contributed by atoms with Crippen molar-refractivity contribution in [2.75, 3.05) is 18.0 Å². The van der Waals surface area contributed by atoms with Gasteiger partial charge in [-0.3, -0.25) is 34.5 Å². The molecule has 1 atom stereocenters. The van der Waals surface area contributed by atoms with Crippen molar-refractivity contribution in [3.63, 3.8) is 0 Å². The number of hydrogen-bond acceptors (Lipinski definition) is 9. The predicted octanol–water partition coefficient (Wildman–Crippen LogP) is 4.60. The van der Waals surface area contributed by atoms with Crippen LogP contribution in [0.15, 0.2) is 82.5 Å². The van der Waals surface area contributed by atoms with Gasteiger partial charge in [0, 0.05) is 71.9 Å². The molecule has 4 heterocycles. The molecule has 4 N–H and O–H groups in total. The van der Waals surface area contributed by atoms with E-state index in [-0.39, 0.29) is 43.8 Å². The zero-order valence-electron chi connectivity index (χ0n) is 28.4. The maximum absolute atomic E-state index is 15.5. The van der Waals surface area contributed by atoms with Crippen LogP contribution in [0.2, 0.25) is 0 Å². The number of halogens is 3. The number of amides is 4. The van der Waals surface area contributed by atoms with E-state index in [9.17, 15) is 19.2 Å². The van der Waals surface area contributed by atoms with Crippen LogP contribution < -0.4 is 21.3 Å². The molecule has 3 aliphatic heterocycles. The van der Waals surface area contributed by atoms with Crippen molar-refractivity contribution < 1.29 is 28.0 Å². The molecule has 53 heavy (non-hydrogen) atoms. The average molecular weight is 786 g/mol. The number of aliphatic imine (C=N–C) groups is 1. The lowest BCUT2D eigenvalue weighted by molar-refractivity contribution is -0.147. The van der Waals surface area contributed by atoms with Crippen molar-refractivity contribution in [3.05, 3.63) is 105 Å². The first-order chi connectivity index (χ1) is 25.5. The lowest BCUT2D eigenvalue weighted by atomic mass is 10.0. The SMILES string of the molecule is NC=C(C=NC1CCN(c2cccc(C(F)(F)C(=O)NCc3ccc4c(c3)CN(C3CCC(=O)NC3=O)C4=O)c2)CC1)c1cnc2cccc(Br)c2n1. The van der Waals surface area contributed by atoms with Gasteiger partial charge in [0.25, 0.3) is 11.8 Å². The number of carbonyl (C=O) groups is 4. The Morgan fingerprint density at radius 2 is 1.87 bits per heavy atom. The molecule has 272 valence electrons. The normalized spacial score (nSPS) is 18.5. The molecular formula is C38H35BrF2N8O4. The maximum Gasteiger partial charge on any atom is 0.349 e. The zero-order chi connectivity index (χ0) is 37.3. The third-order valence-corrected chi connectivity index (χ3v) is 10.4. The Balaban J connectivity index is 0.941. The van der Waals surface area contributed by atoms with E-state index < -0.39 is 29.3 Å². The molecular weight excluding hydrogens is 750 g/mol. The average Bonchev–Trinajstić information content (AvgIpc) is 3.49. The molecule has 1 aromatic heterocycles. The standard InChI is InChI=1S/C38H35BrF2N8O4/c39-29-5-2-6-30-34(29)46-31(20-44-30)24(17-42)19-43-26-11-13-48(14-12-26)27-4-1-3-25(16-27)38(40,41)37(53)45-18-22-7-8-28-23(15-22)21-49(36(28)52)32-9-10-33(50)47-35(32)51/h1-8,15-17,19-20,26,32H,9-14,18,21,42H2,(H,45,53)(H,47,50,51). The second-order valence-electron chi connectivity index (χ2n) is 13.2. The second-order valence-corrected chi connectivity index (χ2v) is 14.0. The van der Waals surface area contributed by atoms with Crippen molar-refractivity contribution >= 4 is 68.1 Å². The summed E-state index contributed by atoms with van der Waals surface area (Å²) in [5.41, 5.74) is 10.3. The molecule has 3 aliphatic rings. The summed E-state index contributed by atoms with van der Waals surface area (Å²) in [6, 6.07) is 15.5. The number of fused-ring (bicyclic) bond motifs is 2. The molecule has 7 rings (SSSR count). The predicted molar refractivity (Wildman–Crippen MR) is 198 cm³/mol. The molecule has 2 fully saturated rings. The van der Waals surface area contributed by atoms with Crippen LogP contribution in [-0.2, 0) is 33.4 Å². The number of alkyl halides is 2. The van der Waals surface area contributed by atoms with E-state index in [1.54, 1.807) is 36.7 Å². The molecule has 0 bridgehead atoms. The van der Waals surface area contributed by atoms with Crippen LogP contribution in [0.1, 0.15) is 58.4 Å². The summed E-state index contributed by atoms with van der Waals surface area (Å²) in [6.07, 6.45) is 6.53. The number of para-hydroxylation sites is 1. The summed E-state index contributed by atoms with van der Waals surface area (Å²) in [5.74, 6) is -6.49. The van der Waals surface area contributed by atoms with Gasteiger partial charge in [0.15, 0.2) is 0 Å². The summed E-state index contributed by atoms with van der Waals surface area (Å²) in [4.78, 5) is 67.0. The Bertz CT molecular complexity index is 2190. The number of rotatable bonds is 9. The first kappa shape index (κ1) is 35.8. The fraction of sp³-hybridized carbons (Fsp3) is 0.289. The Hall–Kier alpha value is -5.57. The second kappa shape index (κ2) is 14.8. The minimum absolute atomic E-state index is 0.00500. The quantitative estimate of drug-likeness (QED) is 0.164. The van der Waals surface area contributed by atoms with Gasteiger partial charge in [-0.1, -0.05) is 30.3 Å².